The van der Waals surface area contributed by atoms with Crippen LogP contribution in [0.25, 0.3) is 6.08 Å². The zero-order valence-electron chi connectivity index (χ0n) is 22.2. The number of amides is 1. The van der Waals surface area contributed by atoms with E-state index in [1.807, 2.05) is 43.3 Å². The first-order valence-electron chi connectivity index (χ1n) is 13.3. The van der Waals surface area contributed by atoms with Crippen molar-refractivity contribution in [3.05, 3.63) is 92.8 Å². The van der Waals surface area contributed by atoms with Crippen LogP contribution in [0.3, 0.4) is 0 Å². The second kappa shape index (κ2) is 12.7. The summed E-state index contributed by atoms with van der Waals surface area (Å²) in [6, 6.07) is 20.5. The lowest BCUT2D eigenvalue weighted by Crippen LogP contribution is -2.29. The Morgan fingerprint density at radius 2 is 1.77 bits per heavy atom. The highest BCUT2D eigenvalue weighted by Gasteiger charge is 2.32. The highest BCUT2D eigenvalue weighted by Crippen LogP contribution is 2.36. The van der Waals surface area contributed by atoms with Crippen LogP contribution < -0.4 is 9.64 Å². The van der Waals surface area contributed by atoms with Crippen molar-refractivity contribution in [2.45, 2.75) is 32.8 Å². The van der Waals surface area contributed by atoms with E-state index in [-0.39, 0.29) is 11.5 Å². The number of hydrogen-bond donors (Lipinski definition) is 1. The standard InChI is InChI=1S/C31H30BrN3O4S/c1-2-35-29(36)28(40-31(35)33-24-11-13-25(14-12-24)34-16-4-3-5-17-34)19-22-8-15-27(26(32)18-22)39-20-21-6-9-23(10-7-21)30(37)38/h6-15,18-19H,2-5,16-17,20H2,1H3,(H,37,38)/b28-19-,33-31?. The molecule has 2 fully saturated rings. The lowest BCUT2D eigenvalue weighted by molar-refractivity contribution is -0.122. The van der Waals surface area contributed by atoms with Gasteiger partial charge < -0.3 is 14.7 Å². The van der Waals surface area contributed by atoms with E-state index in [2.05, 4.69) is 33.0 Å². The molecule has 2 saturated heterocycles. The minimum atomic E-state index is -0.957. The number of piperidine rings is 1. The number of benzene rings is 3. The summed E-state index contributed by atoms with van der Waals surface area (Å²) in [7, 11) is 0. The van der Waals surface area contributed by atoms with E-state index in [0.29, 0.717) is 29.0 Å². The molecule has 0 aromatic heterocycles. The van der Waals surface area contributed by atoms with Gasteiger partial charge in [-0.25, -0.2) is 9.79 Å². The third kappa shape index (κ3) is 6.59. The predicted molar refractivity (Wildman–Crippen MR) is 164 cm³/mol. The number of carbonyl (C=O) groups excluding carboxylic acids is 1. The summed E-state index contributed by atoms with van der Waals surface area (Å²) >= 11 is 4.95. The fourth-order valence-corrected chi connectivity index (χ4v) is 6.22. The molecule has 2 aliphatic heterocycles. The smallest absolute Gasteiger partial charge is 0.335 e. The quantitative estimate of drug-likeness (QED) is 0.266. The molecular weight excluding hydrogens is 590 g/mol. The number of rotatable bonds is 8. The maximum absolute atomic E-state index is 13.2. The molecule has 0 saturated carbocycles. The molecule has 5 rings (SSSR count). The van der Waals surface area contributed by atoms with Gasteiger partial charge >= 0.3 is 5.97 Å². The average molecular weight is 621 g/mol. The lowest BCUT2D eigenvalue weighted by atomic mass is 10.1. The van der Waals surface area contributed by atoms with Crippen molar-refractivity contribution in [1.29, 1.82) is 0 Å². The Labute approximate surface area is 246 Å². The average Bonchev–Trinajstić information content (AvgIpc) is 3.26. The number of amidine groups is 1. The van der Waals surface area contributed by atoms with E-state index >= 15 is 0 Å². The molecule has 206 valence electrons. The van der Waals surface area contributed by atoms with Gasteiger partial charge in [-0.2, -0.15) is 0 Å². The van der Waals surface area contributed by atoms with E-state index in [0.717, 1.165) is 34.4 Å². The molecule has 3 aromatic carbocycles. The zero-order chi connectivity index (χ0) is 28.1. The first kappa shape index (κ1) is 28.0. The number of aliphatic imine (C=N–C) groups is 1. The largest absolute Gasteiger partial charge is 0.488 e. The Hall–Kier alpha value is -3.56. The number of nitrogens with zero attached hydrogens (tertiary/aromatic N) is 3. The summed E-state index contributed by atoms with van der Waals surface area (Å²) in [5.41, 5.74) is 4.02. The highest BCUT2D eigenvalue weighted by molar-refractivity contribution is 9.10. The second-order valence-corrected chi connectivity index (χ2v) is 11.5. The third-order valence-corrected chi connectivity index (χ3v) is 8.48. The fourth-order valence-electron chi connectivity index (χ4n) is 4.65. The van der Waals surface area contributed by atoms with Crippen LogP contribution in [0.5, 0.6) is 5.75 Å². The van der Waals surface area contributed by atoms with Crippen molar-refractivity contribution in [2.24, 2.45) is 4.99 Å². The van der Waals surface area contributed by atoms with Crippen molar-refractivity contribution in [3.63, 3.8) is 0 Å². The summed E-state index contributed by atoms with van der Waals surface area (Å²) in [5, 5.41) is 9.73. The SMILES string of the molecule is CCN1C(=O)/C(=C/c2ccc(OCc3ccc(C(=O)O)cc3)c(Br)c2)SC1=Nc1ccc(N2CCCCC2)cc1. The number of aromatic carboxylic acids is 1. The minimum absolute atomic E-state index is 0.0579. The number of ether oxygens (including phenoxy) is 1. The van der Waals surface area contributed by atoms with Gasteiger partial charge in [0.2, 0.25) is 0 Å². The van der Waals surface area contributed by atoms with Gasteiger partial charge in [-0.3, -0.25) is 9.69 Å². The molecule has 0 spiro atoms. The summed E-state index contributed by atoms with van der Waals surface area (Å²) in [5.74, 6) is -0.362. The minimum Gasteiger partial charge on any atom is -0.488 e. The normalized spacial score (nSPS) is 17.6. The van der Waals surface area contributed by atoms with Crippen LogP contribution in [0.2, 0.25) is 0 Å². The summed E-state index contributed by atoms with van der Waals surface area (Å²) in [4.78, 5) is 33.7. The Morgan fingerprint density at radius 3 is 2.42 bits per heavy atom. The van der Waals surface area contributed by atoms with Crippen LogP contribution in [-0.2, 0) is 11.4 Å². The summed E-state index contributed by atoms with van der Waals surface area (Å²) in [6.07, 6.45) is 5.65. The molecule has 9 heteroatoms. The van der Waals surface area contributed by atoms with Crippen molar-refractivity contribution in [3.8, 4) is 5.75 Å². The van der Waals surface area contributed by atoms with Gasteiger partial charge in [-0.1, -0.05) is 18.2 Å². The zero-order valence-corrected chi connectivity index (χ0v) is 24.6. The highest BCUT2D eigenvalue weighted by atomic mass is 79.9. The molecule has 0 radical (unpaired) electrons. The molecule has 2 aliphatic rings. The maximum Gasteiger partial charge on any atom is 0.335 e. The van der Waals surface area contributed by atoms with Crippen LogP contribution in [0.1, 0.15) is 47.7 Å². The number of anilines is 1. The number of carbonyl (C=O) groups is 2. The summed E-state index contributed by atoms with van der Waals surface area (Å²) in [6.45, 7) is 4.99. The Bertz CT molecular complexity index is 1450. The van der Waals surface area contributed by atoms with Gasteiger partial charge in [0.1, 0.15) is 12.4 Å². The van der Waals surface area contributed by atoms with Gasteiger partial charge in [0.05, 0.1) is 20.6 Å². The van der Waals surface area contributed by atoms with Gasteiger partial charge in [0.25, 0.3) is 5.91 Å². The van der Waals surface area contributed by atoms with Crippen molar-refractivity contribution in [2.75, 3.05) is 24.5 Å². The molecule has 3 aromatic rings. The molecular formula is C31H30BrN3O4S. The van der Waals surface area contributed by atoms with Crippen LogP contribution in [0.15, 0.2) is 81.1 Å². The molecule has 40 heavy (non-hydrogen) atoms. The number of likely N-dealkylation sites (N-methyl/N-ethyl adjacent to an activating group) is 1. The van der Waals surface area contributed by atoms with Crippen LogP contribution >= 0.6 is 27.7 Å². The first-order chi connectivity index (χ1) is 19.4. The van der Waals surface area contributed by atoms with Gasteiger partial charge in [-0.05, 0) is 120 Å². The van der Waals surface area contributed by atoms with Crippen molar-refractivity contribution in [1.82, 2.24) is 4.90 Å². The van der Waals surface area contributed by atoms with Crippen LogP contribution in [0.4, 0.5) is 11.4 Å². The topological polar surface area (TPSA) is 82.4 Å². The first-order valence-corrected chi connectivity index (χ1v) is 14.9. The molecule has 0 unspecified atom stereocenters. The molecule has 0 atom stereocenters. The Balaban J connectivity index is 1.26. The molecule has 0 aliphatic carbocycles. The molecule has 0 bridgehead atoms. The van der Waals surface area contributed by atoms with E-state index in [1.54, 1.807) is 29.2 Å². The van der Waals surface area contributed by atoms with Gasteiger partial charge in [0, 0.05) is 25.3 Å². The predicted octanol–water partition coefficient (Wildman–Crippen LogP) is 7.34. The number of carboxylic acid groups (broad SMARTS) is 1. The van der Waals surface area contributed by atoms with Gasteiger partial charge in [0.15, 0.2) is 5.17 Å². The lowest BCUT2D eigenvalue weighted by Gasteiger charge is -2.28. The molecule has 1 amide bonds. The van der Waals surface area contributed by atoms with Crippen LogP contribution in [-0.4, -0.2) is 46.7 Å². The number of hydrogen-bond acceptors (Lipinski definition) is 6. The van der Waals surface area contributed by atoms with Gasteiger partial charge in [-0.15, -0.1) is 0 Å². The number of carboxylic acids is 1. The molecule has 2 heterocycles. The van der Waals surface area contributed by atoms with E-state index in [4.69, 9.17) is 14.8 Å². The third-order valence-electron chi connectivity index (χ3n) is 6.85. The summed E-state index contributed by atoms with van der Waals surface area (Å²) < 4.78 is 6.68. The monoisotopic (exact) mass is 619 g/mol. The van der Waals surface area contributed by atoms with Crippen molar-refractivity contribution < 1.29 is 19.4 Å². The Kier molecular flexibility index (Phi) is 8.91. The Morgan fingerprint density at radius 1 is 1.05 bits per heavy atom. The number of halogens is 1. The number of thioether (sulfide) groups is 1. The molecule has 1 N–H and O–H groups in total. The van der Waals surface area contributed by atoms with Crippen molar-refractivity contribution >= 4 is 62.2 Å². The maximum atomic E-state index is 13.2. The second-order valence-electron chi connectivity index (χ2n) is 9.60. The van der Waals surface area contributed by atoms with E-state index < -0.39 is 5.97 Å². The fraction of sp³-hybridized carbons (Fsp3) is 0.258. The van der Waals surface area contributed by atoms with Crippen LogP contribution in [0, 0.1) is 0 Å². The van der Waals surface area contributed by atoms with E-state index in [1.165, 1.54) is 36.7 Å². The van der Waals surface area contributed by atoms with E-state index in [9.17, 15) is 9.59 Å². The molecule has 7 nitrogen and oxygen atoms in total.